The Labute approximate surface area is 109 Å². The molecule has 0 radical (unpaired) electrons. The van der Waals surface area contributed by atoms with Crippen LogP contribution in [0.25, 0.3) is 10.9 Å². The number of fused-ring (bicyclic) bond motifs is 1. The van der Waals surface area contributed by atoms with E-state index in [2.05, 4.69) is 31.0 Å². The van der Waals surface area contributed by atoms with E-state index < -0.39 is 0 Å². The lowest BCUT2D eigenvalue weighted by molar-refractivity contribution is 0.506. The van der Waals surface area contributed by atoms with Crippen LogP contribution in [-0.2, 0) is 0 Å². The molecule has 18 heavy (non-hydrogen) atoms. The van der Waals surface area contributed by atoms with Gasteiger partial charge in [0.05, 0.1) is 5.52 Å². The summed E-state index contributed by atoms with van der Waals surface area (Å²) in [7, 11) is 0. The van der Waals surface area contributed by atoms with Gasteiger partial charge in [0.25, 0.3) is 0 Å². The van der Waals surface area contributed by atoms with E-state index in [0.29, 0.717) is 0 Å². The number of hydrogen-bond acceptors (Lipinski definition) is 2. The van der Waals surface area contributed by atoms with Crippen molar-refractivity contribution in [3.8, 4) is 0 Å². The predicted molar refractivity (Wildman–Crippen MR) is 77.4 cm³/mol. The van der Waals surface area contributed by atoms with Crippen molar-refractivity contribution in [2.45, 2.75) is 39.2 Å². The first-order valence-corrected chi connectivity index (χ1v) is 6.77. The van der Waals surface area contributed by atoms with Crippen molar-refractivity contribution in [1.29, 1.82) is 0 Å². The van der Waals surface area contributed by atoms with Crippen LogP contribution in [0.3, 0.4) is 0 Å². The molecule has 0 bridgehead atoms. The fourth-order valence-electron chi connectivity index (χ4n) is 2.35. The Kier molecular flexibility index (Phi) is 4.32. The molecule has 1 aromatic carbocycles. The van der Waals surface area contributed by atoms with Gasteiger partial charge in [-0.2, -0.15) is 0 Å². The van der Waals surface area contributed by atoms with Gasteiger partial charge in [0.1, 0.15) is 0 Å². The molecular formula is C16H22N2. The predicted octanol–water partition coefficient (Wildman–Crippen LogP) is 4.06. The van der Waals surface area contributed by atoms with E-state index in [1.807, 2.05) is 24.4 Å². The summed E-state index contributed by atoms with van der Waals surface area (Å²) < 4.78 is 0. The van der Waals surface area contributed by atoms with Gasteiger partial charge >= 0.3 is 0 Å². The first-order valence-electron chi connectivity index (χ1n) is 6.77. The molecule has 2 rings (SSSR count). The van der Waals surface area contributed by atoms with Crippen LogP contribution >= 0.6 is 0 Å². The Morgan fingerprint density at radius 1 is 1.11 bits per heavy atom. The van der Waals surface area contributed by atoms with Crippen molar-refractivity contribution in [3.63, 3.8) is 0 Å². The number of aromatic nitrogens is 1. The Morgan fingerprint density at radius 2 is 1.94 bits per heavy atom. The quantitative estimate of drug-likeness (QED) is 0.858. The summed E-state index contributed by atoms with van der Waals surface area (Å²) in [6, 6.07) is 10.4. The second-order valence-corrected chi connectivity index (χ2v) is 5.35. The minimum Gasteiger partial charge on any atom is -0.324 e. The van der Waals surface area contributed by atoms with Crippen LogP contribution in [0.2, 0.25) is 0 Å². The van der Waals surface area contributed by atoms with Crippen LogP contribution in [0, 0.1) is 5.92 Å². The smallest absolute Gasteiger partial charge is 0.0705 e. The van der Waals surface area contributed by atoms with Gasteiger partial charge in [0, 0.05) is 17.6 Å². The molecule has 1 unspecified atom stereocenters. The number of benzene rings is 1. The van der Waals surface area contributed by atoms with Gasteiger partial charge in [-0.1, -0.05) is 44.9 Å². The van der Waals surface area contributed by atoms with E-state index in [4.69, 9.17) is 5.73 Å². The number of nitrogens with zero attached hydrogens (tertiary/aromatic N) is 1. The monoisotopic (exact) mass is 242 g/mol. The van der Waals surface area contributed by atoms with Gasteiger partial charge in [-0.05, 0) is 30.0 Å². The molecule has 1 heterocycles. The van der Waals surface area contributed by atoms with E-state index in [-0.39, 0.29) is 6.04 Å². The van der Waals surface area contributed by atoms with Crippen molar-refractivity contribution < 1.29 is 0 Å². The topological polar surface area (TPSA) is 38.9 Å². The van der Waals surface area contributed by atoms with Crippen molar-refractivity contribution >= 4 is 10.9 Å². The summed E-state index contributed by atoms with van der Waals surface area (Å²) in [4.78, 5) is 4.38. The third-order valence-electron chi connectivity index (χ3n) is 3.38. The maximum absolute atomic E-state index is 6.32. The van der Waals surface area contributed by atoms with Crippen molar-refractivity contribution in [2.75, 3.05) is 0 Å². The van der Waals surface area contributed by atoms with Crippen molar-refractivity contribution in [3.05, 3.63) is 42.1 Å². The van der Waals surface area contributed by atoms with Crippen LogP contribution < -0.4 is 5.73 Å². The highest BCUT2D eigenvalue weighted by Crippen LogP contribution is 2.25. The van der Waals surface area contributed by atoms with Crippen LogP contribution in [0.1, 0.15) is 44.7 Å². The zero-order valence-corrected chi connectivity index (χ0v) is 11.3. The van der Waals surface area contributed by atoms with Gasteiger partial charge < -0.3 is 5.73 Å². The first-order chi connectivity index (χ1) is 8.68. The lowest BCUT2D eigenvalue weighted by Crippen LogP contribution is -2.11. The van der Waals surface area contributed by atoms with Gasteiger partial charge in [-0.25, -0.2) is 0 Å². The summed E-state index contributed by atoms with van der Waals surface area (Å²) in [5, 5.41) is 1.19. The molecule has 2 N–H and O–H groups in total. The Bertz CT molecular complexity index is 500. The Hall–Kier alpha value is -1.41. The highest BCUT2D eigenvalue weighted by Gasteiger charge is 2.10. The maximum atomic E-state index is 6.32. The van der Waals surface area contributed by atoms with Gasteiger partial charge in [0.15, 0.2) is 0 Å². The van der Waals surface area contributed by atoms with E-state index in [0.717, 1.165) is 17.9 Å². The second-order valence-electron chi connectivity index (χ2n) is 5.35. The molecule has 0 spiro atoms. The Balaban J connectivity index is 2.15. The van der Waals surface area contributed by atoms with Crippen LogP contribution in [0.5, 0.6) is 0 Å². The minimum atomic E-state index is 0.122. The number of hydrogen-bond donors (Lipinski definition) is 1. The molecule has 0 aliphatic carbocycles. The van der Waals surface area contributed by atoms with Crippen molar-refractivity contribution in [2.24, 2.45) is 11.7 Å². The molecule has 0 saturated heterocycles. The fourth-order valence-corrected chi connectivity index (χ4v) is 2.35. The average Bonchev–Trinajstić information content (AvgIpc) is 2.37. The summed E-state index contributed by atoms with van der Waals surface area (Å²) in [6.07, 6.45) is 5.31. The highest BCUT2D eigenvalue weighted by molar-refractivity contribution is 5.82. The standard InChI is InChI=1S/C16H22N2/c1-12(2)6-3-9-15(17)13-7-4-10-16-14(13)8-5-11-18-16/h4-5,7-8,10-12,15H,3,6,9,17H2,1-2H3. The molecule has 2 aromatic rings. The average molecular weight is 242 g/mol. The summed E-state index contributed by atoms with van der Waals surface area (Å²) in [5.74, 6) is 0.756. The molecule has 0 amide bonds. The molecule has 0 saturated carbocycles. The molecule has 2 heteroatoms. The molecule has 96 valence electrons. The summed E-state index contributed by atoms with van der Waals surface area (Å²) >= 11 is 0. The third kappa shape index (κ3) is 3.08. The Morgan fingerprint density at radius 3 is 2.72 bits per heavy atom. The van der Waals surface area contributed by atoms with Crippen LogP contribution in [0.15, 0.2) is 36.5 Å². The SMILES string of the molecule is CC(C)CCCC(N)c1cccc2ncccc12. The molecule has 0 fully saturated rings. The minimum absolute atomic E-state index is 0.122. The van der Waals surface area contributed by atoms with Gasteiger partial charge in [-0.15, -0.1) is 0 Å². The third-order valence-corrected chi connectivity index (χ3v) is 3.38. The normalized spacial score (nSPS) is 13.1. The van der Waals surface area contributed by atoms with Crippen LogP contribution in [-0.4, -0.2) is 4.98 Å². The zero-order valence-electron chi connectivity index (χ0n) is 11.3. The second kappa shape index (κ2) is 5.96. The van der Waals surface area contributed by atoms with E-state index in [9.17, 15) is 0 Å². The van der Waals surface area contributed by atoms with E-state index >= 15 is 0 Å². The summed E-state index contributed by atoms with van der Waals surface area (Å²) in [6.45, 7) is 4.51. The lowest BCUT2D eigenvalue weighted by atomic mass is 9.96. The van der Waals surface area contributed by atoms with Crippen molar-refractivity contribution in [1.82, 2.24) is 4.98 Å². The largest absolute Gasteiger partial charge is 0.324 e. The first kappa shape index (κ1) is 13.0. The molecular weight excluding hydrogens is 220 g/mol. The number of nitrogens with two attached hydrogens (primary N) is 1. The van der Waals surface area contributed by atoms with Gasteiger partial charge in [0.2, 0.25) is 0 Å². The highest BCUT2D eigenvalue weighted by atomic mass is 14.7. The molecule has 0 aliphatic rings. The van der Waals surface area contributed by atoms with E-state index in [1.165, 1.54) is 23.8 Å². The van der Waals surface area contributed by atoms with Crippen LogP contribution in [0.4, 0.5) is 0 Å². The number of rotatable bonds is 5. The van der Waals surface area contributed by atoms with E-state index in [1.54, 1.807) is 0 Å². The number of pyridine rings is 1. The summed E-state index contributed by atoms with van der Waals surface area (Å²) in [5.41, 5.74) is 8.58. The zero-order chi connectivity index (χ0) is 13.0. The molecule has 1 aromatic heterocycles. The maximum Gasteiger partial charge on any atom is 0.0705 e. The van der Waals surface area contributed by atoms with Gasteiger partial charge in [-0.3, -0.25) is 4.98 Å². The fraction of sp³-hybridized carbons (Fsp3) is 0.438. The molecule has 0 aliphatic heterocycles. The lowest BCUT2D eigenvalue weighted by Gasteiger charge is -2.15. The molecule has 2 nitrogen and oxygen atoms in total. The molecule has 1 atom stereocenters.